The molecule has 0 aliphatic heterocycles. The number of hydrogen-bond acceptors (Lipinski definition) is 4. The molecule has 1 N–H and O–H groups in total. The maximum atomic E-state index is 13.3. The van der Waals surface area contributed by atoms with Gasteiger partial charge in [-0.2, -0.15) is 0 Å². The van der Waals surface area contributed by atoms with Crippen LogP contribution in [-0.4, -0.2) is 12.0 Å². The number of fused-ring (bicyclic) bond motifs is 1. The molecule has 0 bridgehead atoms. The number of halogens is 1. The van der Waals surface area contributed by atoms with Crippen molar-refractivity contribution in [2.24, 2.45) is 0 Å². The number of carbonyl (C=O) groups is 1. The zero-order valence-electron chi connectivity index (χ0n) is 17.7. The summed E-state index contributed by atoms with van der Waals surface area (Å²) in [6, 6.07) is 21.4. The molecular weight excluding hydrogens is 426 g/mol. The molecule has 0 saturated carbocycles. The third-order valence-electron chi connectivity index (χ3n) is 5.12. The first-order valence-corrected chi connectivity index (χ1v) is 10.7. The van der Waals surface area contributed by atoms with Crippen molar-refractivity contribution in [3.05, 3.63) is 93.6 Å². The van der Waals surface area contributed by atoms with E-state index in [-0.39, 0.29) is 22.8 Å². The van der Waals surface area contributed by atoms with Crippen molar-refractivity contribution in [2.75, 3.05) is 5.32 Å². The van der Waals surface area contributed by atoms with Crippen LogP contribution in [0.1, 0.15) is 18.9 Å². The summed E-state index contributed by atoms with van der Waals surface area (Å²) in [7, 11) is 0. The van der Waals surface area contributed by atoms with Crippen molar-refractivity contribution in [1.29, 1.82) is 0 Å². The van der Waals surface area contributed by atoms with Crippen molar-refractivity contribution < 1.29 is 13.9 Å². The number of carbonyl (C=O) groups excluding carboxylic acids is 1. The van der Waals surface area contributed by atoms with Crippen LogP contribution in [0.25, 0.3) is 22.3 Å². The Morgan fingerprint density at radius 1 is 1.03 bits per heavy atom. The topological polar surface area (TPSA) is 68.5 Å². The molecule has 1 atom stereocenters. The molecule has 0 aliphatic carbocycles. The SMILES string of the molecule is CCC(Oc1c(-c2ccccc2Cl)oc2ccccc2c1=O)C(=O)Nc1ccc(C)cc1. The number of anilines is 1. The minimum atomic E-state index is -0.901. The molecule has 0 saturated heterocycles. The summed E-state index contributed by atoms with van der Waals surface area (Å²) >= 11 is 6.39. The van der Waals surface area contributed by atoms with Crippen molar-refractivity contribution >= 4 is 34.2 Å². The van der Waals surface area contributed by atoms with E-state index in [1.54, 1.807) is 48.5 Å². The Labute approximate surface area is 190 Å². The number of rotatable bonds is 6. The predicted molar refractivity (Wildman–Crippen MR) is 127 cm³/mol. The van der Waals surface area contributed by atoms with E-state index < -0.39 is 6.10 Å². The molecule has 162 valence electrons. The average molecular weight is 448 g/mol. The van der Waals surface area contributed by atoms with E-state index in [1.807, 2.05) is 38.1 Å². The first-order chi connectivity index (χ1) is 15.5. The molecule has 32 heavy (non-hydrogen) atoms. The van der Waals surface area contributed by atoms with Crippen molar-refractivity contribution in [1.82, 2.24) is 0 Å². The molecule has 4 rings (SSSR count). The normalized spacial score (nSPS) is 11.8. The van der Waals surface area contributed by atoms with E-state index in [1.165, 1.54) is 0 Å². The number of amides is 1. The molecular formula is C26H22ClNO4. The van der Waals surface area contributed by atoms with E-state index in [0.717, 1.165) is 5.56 Å². The fourth-order valence-corrected chi connectivity index (χ4v) is 3.60. The number of hydrogen-bond donors (Lipinski definition) is 1. The van der Waals surface area contributed by atoms with Gasteiger partial charge in [0.2, 0.25) is 11.2 Å². The van der Waals surface area contributed by atoms with Gasteiger partial charge in [-0.25, -0.2) is 0 Å². The highest BCUT2D eigenvalue weighted by Gasteiger charge is 2.25. The molecule has 0 spiro atoms. The van der Waals surface area contributed by atoms with Gasteiger partial charge in [-0.3, -0.25) is 9.59 Å². The minimum Gasteiger partial charge on any atom is -0.473 e. The molecule has 0 radical (unpaired) electrons. The second-order valence-electron chi connectivity index (χ2n) is 7.44. The van der Waals surface area contributed by atoms with Gasteiger partial charge in [0.25, 0.3) is 5.91 Å². The maximum Gasteiger partial charge on any atom is 0.265 e. The first kappa shape index (κ1) is 21.7. The Hall–Kier alpha value is -3.57. The number of nitrogens with one attached hydrogen (secondary N) is 1. The summed E-state index contributed by atoms with van der Waals surface area (Å²) in [6.45, 7) is 3.79. The highest BCUT2D eigenvalue weighted by atomic mass is 35.5. The summed E-state index contributed by atoms with van der Waals surface area (Å²) in [5.41, 5.74) is 2.31. The quantitative estimate of drug-likeness (QED) is 0.381. The van der Waals surface area contributed by atoms with Gasteiger partial charge in [0.05, 0.1) is 10.4 Å². The first-order valence-electron chi connectivity index (χ1n) is 10.3. The minimum absolute atomic E-state index is 0.0392. The number of para-hydroxylation sites is 1. The Balaban J connectivity index is 1.76. The van der Waals surface area contributed by atoms with Crippen molar-refractivity contribution in [3.63, 3.8) is 0 Å². The lowest BCUT2D eigenvalue weighted by Gasteiger charge is -2.19. The standard InChI is InChI=1S/C26H22ClNO4/c1-3-21(26(30)28-17-14-12-16(2)13-15-17)31-25-23(29)19-9-5-7-11-22(19)32-24(25)18-8-4-6-10-20(18)27/h4-15,21H,3H2,1-2H3,(H,28,30). The zero-order chi connectivity index (χ0) is 22.7. The Morgan fingerprint density at radius 2 is 1.72 bits per heavy atom. The van der Waals surface area contributed by atoms with Gasteiger partial charge < -0.3 is 14.5 Å². The van der Waals surface area contributed by atoms with Crippen molar-refractivity contribution in [3.8, 4) is 17.1 Å². The second kappa shape index (κ2) is 9.28. The van der Waals surface area contributed by atoms with Crippen LogP contribution in [0.3, 0.4) is 0 Å². The van der Waals surface area contributed by atoms with Gasteiger partial charge in [0.1, 0.15) is 5.58 Å². The van der Waals surface area contributed by atoms with Gasteiger partial charge in [0.15, 0.2) is 11.9 Å². The van der Waals surface area contributed by atoms with Crippen LogP contribution in [0.2, 0.25) is 5.02 Å². The van der Waals surface area contributed by atoms with Gasteiger partial charge >= 0.3 is 0 Å². The van der Waals surface area contributed by atoms with E-state index in [0.29, 0.717) is 33.7 Å². The Morgan fingerprint density at radius 3 is 2.44 bits per heavy atom. The highest BCUT2D eigenvalue weighted by Crippen LogP contribution is 2.35. The average Bonchev–Trinajstić information content (AvgIpc) is 2.80. The fourth-order valence-electron chi connectivity index (χ4n) is 3.38. The molecule has 0 fully saturated rings. The molecule has 5 nitrogen and oxygen atoms in total. The predicted octanol–water partition coefficient (Wildman–Crippen LogP) is 6.22. The molecule has 1 unspecified atom stereocenters. The molecule has 1 heterocycles. The van der Waals surface area contributed by atoms with E-state index in [4.69, 9.17) is 20.8 Å². The maximum absolute atomic E-state index is 13.3. The summed E-state index contributed by atoms with van der Waals surface area (Å²) in [4.78, 5) is 26.3. The van der Waals surface area contributed by atoms with Crippen LogP contribution in [-0.2, 0) is 4.79 Å². The molecule has 6 heteroatoms. The Bertz CT molecular complexity index is 1330. The third kappa shape index (κ3) is 4.39. The van der Waals surface area contributed by atoms with Gasteiger partial charge in [-0.15, -0.1) is 0 Å². The number of aryl methyl sites for hydroxylation is 1. The largest absolute Gasteiger partial charge is 0.473 e. The molecule has 3 aromatic carbocycles. The van der Waals surface area contributed by atoms with Crippen LogP contribution in [0.15, 0.2) is 82.0 Å². The van der Waals surface area contributed by atoms with Crippen LogP contribution in [0.4, 0.5) is 5.69 Å². The molecule has 1 amide bonds. The monoisotopic (exact) mass is 447 g/mol. The lowest BCUT2D eigenvalue weighted by molar-refractivity contribution is -0.122. The molecule has 4 aromatic rings. The van der Waals surface area contributed by atoms with E-state index in [2.05, 4.69) is 5.32 Å². The van der Waals surface area contributed by atoms with Crippen LogP contribution >= 0.6 is 11.6 Å². The van der Waals surface area contributed by atoms with Gasteiger partial charge in [0, 0.05) is 11.3 Å². The van der Waals surface area contributed by atoms with Crippen LogP contribution in [0, 0.1) is 6.92 Å². The van der Waals surface area contributed by atoms with E-state index >= 15 is 0 Å². The summed E-state index contributed by atoms with van der Waals surface area (Å²) in [6.07, 6.45) is -0.548. The summed E-state index contributed by atoms with van der Waals surface area (Å²) in [5.74, 6) is -0.197. The van der Waals surface area contributed by atoms with Gasteiger partial charge in [-0.05, 0) is 49.7 Å². The van der Waals surface area contributed by atoms with Crippen LogP contribution in [0.5, 0.6) is 5.75 Å². The highest BCUT2D eigenvalue weighted by molar-refractivity contribution is 6.33. The summed E-state index contributed by atoms with van der Waals surface area (Å²) in [5, 5.41) is 3.62. The third-order valence-corrected chi connectivity index (χ3v) is 5.45. The lowest BCUT2D eigenvalue weighted by Crippen LogP contribution is -2.34. The smallest absolute Gasteiger partial charge is 0.265 e. The van der Waals surface area contributed by atoms with Crippen molar-refractivity contribution in [2.45, 2.75) is 26.4 Å². The Kier molecular flexibility index (Phi) is 6.28. The lowest BCUT2D eigenvalue weighted by atomic mass is 10.1. The number of benzene rings is 3. The zero-order valence-corrected chi connectivity index (χ0v) is 18.5. The van der Waals surface area contributed by atoms with Crippen LogP contribution < -0.4 is 15.5 Å². The molecule has 1 aromatic heterocycles. The summed E-state index contributed by atoms with van der Waals surface area (Å²) < 4.78 is 12.1. The fraction of sp³-hybridized carbons (Fsp3) is 0.154. The van der Waals surface area contributed by atoms with Gasteiger partial charge in [-0.1, -0.05) is 60.5 Å². The van der Waals surface area contributed by atoms with E-state index in [9.17, 15) is 9.59 Å². The molecule has 0 aliphatic rings. The second-order valence-corrected chi connectivity index (χ2v) is 7.84. The number of ether oxygens (including phenoxy) is 1.